The average molecular weight is 217 g/mol. The number of halogens is 3. The molecule has 0 fully saturated rings. The van der Waals surface area contributed by atoms with Crippen LogP contribution in [0, 0.1) is 11.8 Å². The number of aromatic nitrogens is 1. The second kappa shape index (κ2) is 4.38. The lowest BCUT2D eigenvalue weighted by atomic mass is 10.2. The summed E-state index contributed by atoms with van der Waals surface area (Å²) in [4.78, 5) is 3.46. The van der Waals surface area contributed by atoms with Crippen LogP contribution in [0.4, 0.5) is 13.2 Å². The van der Waals surface area contributed by atoms with E-state index < -0.39 is 11.7 Å². The lowest BCUT2D eigenvalue weighted by Crippen LogP contribution is -2.05. The highest BCUT2D eigenvalue weighted by atomic mass is 32.1. The summed E-state index contributed by atoms with van der Waals surface area (Å²) in [5.74, 6) is 5.37. The summed E-state index contributed by atoms with van der Waals surface area (Å²) in [5, 5.41) is 0. The average Bonchev–Trinajstić information content (AvgIpc) is 2.14. The van der Waals surface area contributed by atoms with Crippen molar-refractivity contribution in [3.63, 3.8) is 0 Å². The van der Waals surface area contributed by atoms with E-state index in [0.717, 1.165) is 12.3 Å². The van der Waals surface area contributed by atoms with Crippen LogP contribution >= 0.6 is 12.6 Å². The van der Waals surface area contributed by atoms with Crippen molar-refractivity contribution >= 4 is 12.6 Å². The van der Waals surface area contributed by atoms with Crippen molar-refractivity contribution in [2.45, 2.75) is 6.18 Å². The van der Waals surface area contributed by atoms with Crippen LogP contribution in [0.25, 0.3) is 0 Å². The molecular formula is C9H6F3NS. The second-order valence-corrected chi connectivity index (χ2v) is 2.74. The minimum atomic E-state index is -4.37. The van der Waals surface area contributed by atoms with Crippen molar-refractivity contribution < 1.29 is 13.2 Å². The highest BCUT2D eigenvalue weighted by Gasteiger charge is 2.30. The van der Waals surface area contributed by atoms with Gasteiger partial charge in [0.25, 0.3) is 0 Å². The molecule has 5 heteroatoms. The topological polar surface area (TPSA) is 12.9 Å². The Bertz CT molecular complexity index is 376. The molecule has 0 unspecified atom stereocenters. The van der Waals surface area contributed by atoms with Crippen molar-refractivity contribution in [3.8, 4) is 11.8 Å². The van der Waals surface area contributed by atoms with E-state index in [4.69, 9.17) is 0 Å². The Labute approximate surface area is 84.8 Å². The van der Waals surface area contributed by atoms with Crippen molar-refractivity contribution in [2.24, 2.45) is 0 Å². The molecule has 0 amide bonds. The van der Waals surface area contributed by atoms with E-state index in [-0.39, 0.29) is 5.56 Å². The minimum absolute atomic E-state index is 0.244. The number of pyridine rings is 1. The summed E-state index contributed by atoms with van der Waals surface area (Å²) in [6.45, 7) is 0. The molecule has 1 rings (SSSR count). The molecule has 0 spiro atoms. The first-order chi connectivity index (χ1) is 6.54. The lowest BCUT2D eigenvalue weighted by Gasteiger charge is -2.04. The lowest BCUT2D eigenvalue weighted by molar-refractivity contribution is -0.137. The SMILES string of the molecule is FC(F)(F)c1cncc(C#CCS)c1. The molecule has 0 saturated carbocycles. The van der Waals surface area contributed by atoms with Gasteiger partial charge in [-0.05, 0) is 6.07 Å². The van der Waals surface area contributed by atoms with Gasteiger partial charge in [0, 0.05) is 18.0 Å². The van der Waals surface area contributed by atoms with Crippen LogP contribution in [0.2, 0.25) is 0 Å². The smallest absolute Gasteiger partial charge is 0.263 e. The van der Waals surface area contributed by atoms with Gasteiger partial charge in [-0.25, -0.2) is 0 Å². The van der Waals surface area contributed by atoms with Gasteiger partial charge in [0.05, 0.1) is 11.3 Å². The summed E-state index contributed by atoms with van der Waals surface area (Å²) in [6, 6.07) is 0.962. The molecular weight excluding hydrogens is 211 g/mol. The van der Waals surface area contributed by atoms with Crippen molar-refractivity contribution in [2.75, 3.05) is 5.75 Å². The molecule has 74 valence electrons. The van der Waals surface area contributed by atoms with Crippen LogP contribution in [0.5, 0.6) is 0 Å². The second-order valence-electron chi connectivity index (χ2n) is 2.42. The van der Waals surface area contributed by atoms with E-state index >= 15 is 0 Å². The van der Waals surface area contributed by atoms with Gasteiger partial charge in [-0.1, -0.05) is 11.8 Å². The molecule has 0 N–H and O–H groups in total. The van der Waals surface area contributed by atoms with Crippen LogP contribution < -0.4 is 0 Å². The van der Waals surface area contributed by atoms with Gasteiger partial charge in [0.2, 0.25) is 0 Å². The number of hydrogen-bond acceptors (Lipinski definition) is 2. The molecule has 14 heavy (non-hydrogen) atoms. The van der Waals surface area contributed by atoms with Crippen molar-refractivity contribution in [3.05, 3.63) is 29.6 Å². The van der Waals surface area contributed by atoms with E-state index in [1.165, 1.54) is 6.20 Å². The zero-order chi connectivity index (χ0) is 10.6. The van der Waals surface area contributed by atoms with Gasteiger partial charge in [-0.2, -0.15) is 25.8 Å². The summed E-state index contributed by atoms with van der Waals surface area (Å²) < 4.78 is 36.6. The zero-order valence-electron chi connectivity index (χ0n) is 6.97. The molecule has 0 radical (unpaired) electrons. The van der Waals surface area contributed by atoms with Crippen LogP contribution in [0.15, 0.2) is 18.5 Å². The maximum absolute atomic E-state index is 12.2. The Balaban J connectivity index is 3.02. The van der Waals surface area contributed by atoms with Crippen molar-refractivity contribution in [1.82, 2.24) is 4.98 Å². The monoisotopic (exact) mass is 217 g/mol. The Kier molecular flexibility index (Phi) is 3.42. The fourth-order valence-corrected chi connectivity index (χ4v) is 0.884. The van der Waals surface area contributed by atoms with Crippen LogP contribution in [0.1, 0.15) is 11.1 Å². The number of nitrogens with zero attached hydrogens (tertiary/aromatic N) is 1. The Morgan fingerprint density at radius 3 is 2.64 bits per heavy atom. The van der Waals surface area contributed by atoms with E-state index in [0.29, 0.717) is 5.75 Å². The van der Waals surface area contributed by atoms with E-state index in [1.807, 2.05) is 0 Å². The number of hydrogen-bond donors (Lipinski definition) is 1. The van der Waals surface area contributed by atoms with Crippen molar-refractivity contribution in [1.29, 1.82) is 0 Å². The first-order valence-electron chi connectivity index (χ1n) is 3.66. The highest BCUT2D eigenvalue weighted by Crippen LogP contribution is 2.28. The highest BCUT2D eigenvalue weighted by molar-refractivity contribution is 7.80. The minimum Gasteiger partial charge on any atom is -0.263 e. The fourth-order valence-electron chi connectivity index (χ4n) is 0.805. The predicted octanol–water partition coefficient (Wildman–Crippen LogP) is 2.38. The molecule has 0 bridgehead atoms. The summed E-state index contributed by atoms with van der Waals surface area (Å²) in [7, 11) is 0. The molecule has 0 atom stereocenters. The summed E-state index contributed by atoms with van der Waals surface area (Å²) >= 11 is 3.82. The molecule has 1 aromatic rings. The van der Waals surface area contributed by atoms with Gasteiger partial charge in [-0.15, -0.1) is 0 Å². The number of rotatable bonds is 0. The quantitative estimate of drug-likeness (QED) is 0.520. The molecule has 1 nitrogen and oxygen atoms in total. The third kappa shape index (κ3) is 2.96. The van der Waals surface area contributed by atoms with Crippen LogP contribution in [0.3, 0.4) is 0 Å². The van der Waals surface area contributed by atoms with Gasteiger partial charge >= 0.3 is 6.18 Å². The maximum atomic E-state index is 12.2. The molecule has 0 saturated heterocycles. The van der Waals surface area contributed by atoms with E-state index in [9.17, 15) is 13.2 Å². The van der Waals surface area contributed by atoms with Gasteiger partial charge in [-0.3, -0.25) is 4.98 Å². The standard InChI is InChI=1S/C9H6F3NS/c10-9(11,12)8-4-7(2-1-3-14)5-13-6-8/h4-6,14H,3H2. The summed E-state index contributed by atoms with van der Waals surface area (Å²) in [5.41, 5.74) is -0.544. The first-order valence-corrected chi connectivity index (χ1v) is 4.29. The Morgan fingerprint density at radius 2 is 2.07 bits per heavy atom. The summed E-state index contributed by atoms with van der Waals surface area (Å²) in [6.07, 6.45) is -2.32. The normalized spacial score (nSPS) is 10.6. The zero-order valence-corrected chi connectivity index (χ0v) is 7.86. The van der Waals surface area contributed by atoms with Gasteiger partial charge < -0.3 is 0 Å². The van der Waals surface area contributed by atoms with E-state index in [2.05, 4.69) is 29.5 Å². The van der Waals surface area contributed by atoms with Gasteiger partial charge in [0.15, 0.2) is 0 Å². The number of thiol groups is 1. The third-order valence-corrected chi connectivity index (χ3v) is 1.54. The predicted molar refractivity (Wildman–Crippen MR) is 50.0 cm³/mol. The van der Waals surface area contributed by atoms with E-state index in [1.54, 1.807) is 0 Å². The van der Waals surface area contributed by atoms with Crippen LogP contribution in [-0.2, 0) is 6.18 Å². The molecule has 0 aliphatic rings. The molecule has 1 heterocycles. The van der Waals surface area contributed by atoms with Crippen LogP contribution in [-0.4, -0.2) is 10.7 Å². The fraction of sp³-hybridized carbons (Fsp3) is 0.222. The first kappa shape index (κ1) is 10.9. The third-order valence-electron chi connectivity index (χ3n) is 1.38. The van der Waals surface area contributed by atoms with Gasteiger partial charge in [0.1, 0.15) is 0 Å². The Morgan fingerprint density at radius 1 is 1.36 bits per heavy atom. The molecule has 1 aromatic heterocycles. The molecule has 0 aromatic carbocycles. The Hall–Kier alpha value is -1.15. The molecule has 0 aliphatic heterocycles. The largest absolute Gasteiger partial charge is 0.417 e. The number of alkyl halides is 3. The molecule has 0 aliphatic carbocycles. The maximum Gasteiger partial charge on any atom is 0.417 e.